The number of carbonyl (C=O) groups excluding carboxylic acids is 1. The molecular weight excluding hydrogens is 316 g/mol. The van der Waals surface area contributed by atoms with E-state index < -0.39 is 5.97 Å². The molecule has 0 spiro atoms. The number of esters is 1. The molecule has 1 aromatic carbocycles. The standard InChI is InChI=1S/C17H17ClN2O3/c1-9-15-10(7-19-9)8-20-17-11(4-5-14(21)23-3)16(18)13(22-2)6-12(15)17/h4-6,8-9,19H,7H2,1-3H3/b5-4+/t9-/m0/s1. The molecule has 6 heteroatoms. The Hall–Kier alpha value is -2.11. The minimum Gasteiger partial charge on any atom is -0.495 e. The summed E-state index contributed by atoms with van der Waals surface area (Å²) in [6, 6.07) is 2.13. The normalized spacial score (nSPS) is 16.8. The Morgan fingerprint density at radius 3 is 2.96 bits per heavy atom. The molecule has 1 aromatic heterocycles. The van der Waals surface area contributed by atoms with E-state index in [1.54, 1.807) is 13.2 Å². The van der Waals surface area contributed by atoms with Crippen molar-refractivity contribution < 1.29 is 14.3 Å². The Morgan fingerprint density at radius 2 is 2.26 bits per heavy atom. The quantitative estimate of drug-likeness (QED) is 0.690. The van der Waals surface area contributed by atoms with Gasteiger partial charge in [0.25, 0.3) is 0 Å². The van der Waals surface area contributed by atoms with Gasteiger partial charge in [0.15, 0.2) is 0 Å². The molecule has 1 aliphatic heterocycles. The number of fused-ring (bicyclic) bond motifs is 3. The number of pyridine rings is 1. The Labute approximate surface area is 139 Å². The number of nitrogens with one attached hydrogen (secondary N) is 1. The summed E-state index contributed by atoms with van der Waals surface area (Å²) in [5.74, 6) is 0.103. The SMILES string of the molecule is COC(=O)/C=C/c1c(Cl)c(OC)cc2c3c(cnc12)CN[C@H]3C. The summed E-state index contributed by atoms with van der Waals surface area (Å²) in [6.45, 7) is 2.90. The molecule has 1 atom stereocenters. The minimum atomic E-state index is -0.451. The molecule has 0 unspecified atom stereocenters. The zero-order chi connectivity index (χ0) is 16.6. The van der Waals surface area contributed by atoms with Crippen LogP contribution in [0.15, 0.2) is 18.3 Å². The number of ether oxygens (including phenoxy) is 2. The molecule has 120 valence electrons. The second-order valence-electron chi connectivity index (χ2n) is 5.36. The highest BCUT2D eigenvalue weighted by atomic mass is 35.5. The molecule has 5 nitrogen and oxygen atoms in total. The van der Waals surface area contributed by atoms with Crippen LogP contribution < -0.4 is 10.1 Å². The molecule has 0 saturated heterocycles. The number of aromatic nitrogens is 1. The van der Waals surface area contributed by atoms with Crippen molar-refractivity contribution in [3.63, 3.8) is 0 Å². The predicted molar refractivity (Wildman–Crippen MR) is 89.6 cm³/mol. The summed E-state index contributed by atoms with van der Waals surface area (Å²) in [4.78, 5) is 16.0. The van der Waals surface area contributed by atoms with Gasteiger partial charge < -0.3 is 14.8 Å². The van der Waals surface area contributed by atoms with Crippen molar-refractivity contribution in [1.82, 2.24) is 10.3 Å². The van der Waals surface area contributed by atoms with Crippen LogP contribution in [0.3, 0.4) is 0 Å². The summed E-state index contributed by atoms with van der Waals surface area (Å²) >= 11 is 6.42. The van der Waals surface area contributed by atoms with Crippen LogP contribution in [0.2, 0.25) is 5.02 Å². The van der Waals surface area contributed by atoms with Crippen molar-refractivity contribution in [2.75, 3.05) is 14.2 Å². The first-order valence-corrected chi connectivity index (χ1v) is 7.62. The maximum Gasteiger partial charge on any atom is 0.330 e. The van der Waals surface area contributed by atoms with Gasteiger partial charge in [-0.2, -0.15) is 0 Å². The van der Waals surface area contributed by atoms with Crippen molar-refractivity contribution in [3.8, 4) is 5.75 Å². The molecule has 0 bridgehead atoms. The smallest absolute Gasteiger partial charge is 0.330 e. The molecule has 2 aromatic rings. The highest BCUT2D eigenvalue weighted by Gasteiger charge is 2.23. The molecular formula is C17H17ClN2O3. The number of methoxy groups -OCH3 is 2. The van der Waals surface area contributed by atoms with Crippen molar-refractivity contribution in [2.24, 2.45) is 0 Å². The lowest BCUT2D eigenvalue weighted by Gasteiger charge is -2.14. The zero-order valence-corrected chi connectivity index (χ0v) is 13.9. The highest BCUT2D eigenvalue weighted by molar-refractivity contribution is 6.35. The van der Waals surface area contributed by atoms with Gasteiger partial charge in [-0.1, -0.05) is 11.6 Å². The number of hydrogen-bond acceptors (Lipinski definition) is 5. The predicted octanol–water partition coefficient (Wildman–Crippen LogP) is 3.25. The van der Waals surface area contributed by atoms with Crippen LogP contribution in [0, 0.1) is 0 Å². The molecule has 1 N–H and O–H groups in total. The van der Waals surface area contributed by atoms with Gasteiger partial charge in [-0.25, -0.2) is 4.79 Å². The van der Waals surface area contributed by atoms with Crippen LogP contribution >= 0.6 is 11.6 Å². The van der Waals surface area contributed by atoms with E-state index >= 15 is 0 Å². The average Bonchev–Trinajstić information content (AvgIpc) is 2.94. The van der Waals surface area contributed by atoms with Crippen molar-refractivity contribution in [2.45, 2.75) is 19.5 Å². The largest absolute Gasteiger partial charge is 0.495 e. The van der Waals surface area contributed by atoms with Gasteiger partial charge in [-0.3, -0.25) is 4.98 Å². The fourth-order valence-corrected chi connectivity index (χ4v) is 3.20. The van der Waals surface area contributed by atoms with Gasteiger partial charge in [0.1, 0.15) is 5.75 Å². The van der Waals surface area contributed by atoms with Gasteiger partial charge in [0, 0.05) is 35.8 Å². The maximum absolute atomic E-state index is 11.4. The lowest BCUT2D eigenvalue weighted by atomic mass is 9.98. The third kappa shape index (κ3) is 2.66. The summed E-state index contributed by atoms with van der Waals surface area (Å²) in [6.07, 6.45) is 4.80. The van der Waals surface area contributed by atoms with Gasteiger partial charge in [0.2, 0.25) is 0 Å². The van der Waals surface area contributed by atoms with Crippen LogP contribution in [0.25, 0.3) is 17.0 Å². The minimum absolute atomic E-state index is 0.221. The molecule has 0 aliphatic carbocycles. The molecule has 0 amide bonds. The Morgan fingerprint density at radius 1 is 1.48 bits per heavy atom. The third-order valence-corrected chi connectivity index (χ3v) is 4.45. The molecule has 1 aliphatic rings. The second kappa shape index (κ2) is 6.18. The number of halogens is 1. The van der Waals surface area contributed by atoms with Crippen molar-refractivity contribution >= 4 is 34.5 Å². The van der Waals surface area contributed by atoms with Gasteiger partial charge in [0.05, 0.1) is 24.8 Å². The van der Waals surface area contributed by atoms with Crippen LogP contribution in [-0.4, -0.2) is 25.2 Å². The van der Waals surface area contributed by atoms with Gasteiger partial charge >= 0.3 is 5.97 Å². The number of hydrogen-bond donors (Lipinski definition) is 1. The van der Waals surface area contributed by atoms with E-state index in [0.717, 1.165) is 23.0 Å². The Kier molecular flexibility index (Phi) is 4.24. The summed E-state index contributed by atoms with van der Waals surface area (Å²) in [7, 11) is 2.90. The molecule has 0 radical (unpaired) electrons. The monoisotopic (exact) mass is 332 g/mol. The molecule has 0 saturated carbocycles. The van der Waals surface area contributed by atoms with E-state index in [0.29, 0.717) is 16.3 Å². The van der Waals surface area contributed by atoms with E-state index in [2.05, 4.69) is 22.0 Å². The molecule has 0 fully saturated rings. The van der Waals surface area contributed by atoms with E-state index in [1.165, 1.54) is 18.7 Å². The Balaban J connectivity index is 2.29. The fourth-order valence-electron chi connectivity index (χ4n) is 2.91. The first kappa shape index (κ1) is 15.8. The number of rotatable bonds is 3. The first-order valence-electron chi connectivity index (χ1n) is 7.24. The summed E-state index contributed by atoms with van der Waals surface area (Å²) in [5, 5.41) is 4.80. The topological polar surface area (TPSA) is 60.5 Å². The molecule has 23 heavy (non-hydrogen) atoms. The summed E-state index contributed by atoms with van der Waals surface area (Å²) < 4.78 is 10.0. The van der Waals surface area contributed by atoms with E-state index in [-0.39, 0.29) is 6.04 Å². The van der Waals surface area contributed by atoms with Gasteiger partial charge in [-0.05, 0) is 30.2 Å². The fraction of sp³-hybridized carbons (Fsp3) is 0.294. The number of carbonyl (C=O) groups is 1. The van der Waals surface area contributed by atoms with E-state index in [9.17, 15) is 4.79 Å². The molecule has 3 rings (SSSR count). The van der Waals surface area contributed by atoms with E-state index in [1.807, 2.05) is 12.3 Å². The maximum atomic E-state index is 11.4. The third-order valence-electron chi connectivity index (χ3n) is 4.06. The Bertz CT molecular complexity index is 817. The average molecular weight is 333 g/mol. The van der Waals surface area contributed by atoms with Crippen LogP contribution in [0.4, 0.5) is 0 Å². The van der Waals surface area contributed by atoms with Crippen LogP contribution in [-0.2, 0) is 16.1 Å². The molecule has 2 heterocycles. The van der Waals surface area contributed by atoms with Gasteiger partial charge in [-0.15, -0.1) is 0 Å². The second-order valence-corrected chi connectivity index (χ2v) is 5.74. The van der Waals surface area contributed by atoms with E-state index in [4.69, 9.17) is 16.3 Å². The number of nitrogens with zero attached hydrogens (tertiary/aromatic N) is 1. The zero-order valence-electron chi connectivity index (χ0n) is 13.1. The first-order chi connectivity index (χ1) is 11.1. The summed E-state index contributed by atoms with van der Waals surface area (Å²) in [5.41, 5.74) is 3.74. The van der Waals surface area contributed by atoms with Crippen molar-refractivity contribution in [3.05, 3.63) is 40.1 Å². The highest BCUT2D eigenvalue weighted by Crippen LogP contribution is 2.40. The lowest BCUT2D eigenvalue weighted by molar-refractivity contribution is -0.134. The lowest BCUT2D eigenvalue weighted by Crippen LogP contribution is -2.07. The van der Waals surface area contributed by atoms with Crippen LogP contribution in [0.1, 0.15) is 29.7 Å². The van der Waals surface area contributed by atoms with Crippen LogP contribution in [0.5, 0.6) is 5.75 Å². The van der Waals surface area contributed by atoms with Crippen molar-refractivity contribution in [1.29, 1.82) is 0 Å². The number of benzene rings is 1.